The van der Waals surface area contributed by atoms with Crippen molar-refractivity contribution in [1.29, 1.82) is 0 Å². The maximum atomic E-state index is 11.8. The molecule has 0 unspecified atom stereocenters. The third-order valence-electron chi connectivity index (χ3n) is 2.69. The van der Waals surface area contributed by atoms with E-state index in [0.29, 0.717) is 23.8 Å². The molecule has 0 atom stereocenters. The van der Waals surface area contributed by atoms with Crippen LogP contribution in [0.1, 0.15) is 12.0 Å². The summed E-state index contributed by atoms with van der Waals surface area (Å²) in [6.45, 7) is 2.66. The Morgan fingerprint density at radius 3 is 2.70 bits per heavy atom. The summed E-state index contributed by atoms with van der Waals surface area (Å²) < 4.78 is 1.97. The van der Waals surface area contributed by atoms with E-state index in [4.69, 9.17) is 11.6 Å². The third kappa shape index (κ3) is 4.90. The van der Waals surface area contributed by atoms with Gasteiger partial charge in [0.15, 0.2) is 24.1 Å². The summed E-state index contributed by atoms with van der Waals surface area (Å²) in [4.78, 5) is 15.7. The second kappa shape index (κ2) is 7.97. The Kier molecular flexibility index (Phi) is 6.61. The van der Waals surface area contributed by atoms with Gasteiger partial charge in [-0.2, -0.15) is 0 Å². The Labute approximate surface area is 133 Å². The minimum atomic E-state index is -0.0806. The molecule has 0 aliphatic rings. The number of aromatic nitrogens is 2. The summed E-state index contributed by atoms with van der Waals surface area (Å²) in [6.07, 6.45) is 5.89. The van der Waals surface area contributed by atoms with Crippen molar-refractivity contribution in [2.24, 2.45) is 0 Å². The van der Waals surface area contributed by atoms with Gasteiger partial charge in [0.25, 0.3) is 0 Å². The molecule has 2 rings (SSSR count). The van der Waals surface area contributed by atoms with Crippen LogP contribution >= 0.6 is 11.6 Å². The lowest BCUT2D eigenvalue weighted by Crippen LogP contribution is -3.00. The topological polar surface area (TPSA) is 45.9 Å². The fourth-order valence-corrected chi connectivity index (χ4v) is 1.77. The van der Waals surface area contributed by atoms with Crippen LogP contribution in [-0.4, -0.2) is 10.9 Å². The largest absolute Gasteiger partial charge is 1.00 e. The van der Waals surface area contributed by atoms with Gasteiger partial charge in [0.2, 0.25) is 5.91 Å². The van der Waals surface area contributed by atoms with Crippen LogP contribution in [0.3, 0.4) is 0 Å². The van der Waals surface area contributed by atoms with Crippen molar-refractivity contribution >= 4 is 23.2 Å². The molecule has 0 radical (unpaired) electrons. The van der Waals surface area contributed by atoms with Crippen LogP contribution in [0, 0.1) is 6.92 Å². The van der Waals surface area contributed by atoms with E-state index in [1.165, 1.54) is 5.56 Å². The van der Waals surface area contributed by atoms with Crippen LogP contribution in [-0.2, 0) is 11.3 Å². The third-order valence-corrected chi connectivity index (χ3v) is 2.99. The Balaban J connectivity index is 0.00000200. The smallest absolute Gasteiger partial charge is 0.230 e. The van der Waals surface area contributed by atoms with Crippen molar-refractivity contribution in [3.05, 3.63) is 53.6 Å². The highest BCUT2D eigenvalue weighted by molar-refractivity contribution is 6.32. The minimum Gasteiger partial charge on any atom is -1.00 e. The number of hydrogen-bond acceptors (Lipinski definition) is 2. The van der Waals surface area contributed by atoms with E-state index in [-0.39, 0.29) is 22.9 Å². The van der Waals surface area contributed by atoms with Crippen molar-refractivity contribution in [2.75, 3.05) is 5.32 Å². The Bertz CT molecular complexity index is 575. The van der Waals surface area contributed by atoms with Crippen LogP contribution in [0.25, 0.3) is 0 Å². The van der Waals surface area contributed by atoms with E-state index < -0.39 is 0 Å². The summed E-state index contributed by atoms with van der Waals surface area (Å²) in [5.41, 5.74) is 1.74. The number of nitrogens with one attached hydrogen (secondary N) is 1. The molecule has 0 aliphatic heterocycles. The molecule has 4 nitrogen and oxygen atoms in total. The van der Waals surface area contributed by atoms with Crippen molar-refractivity contribution in [2.45, 2.75) is 19.9 Å². The normalized spacial score (nSPS) is 9.70. The van der Waals surface area contributed by atoms with Crippen molar-refractivity contribution < 1.29 is 26.3 Å². The molecule has 1 N–H and O–H groups in total. The van der Waals surface area contributed by atoms with E-state index in [9.17, 15) is 4.79 Å². The number of anilines is 1. The average Bonchev–Trinajstić information content (AvgIpc) is 2.41. The number of rotatable bonds is 4. The highest BCUT2D eigenvalue weighted by Crippen LogP contribution is 2.17. The van der Waals surface area contributed by atoms with Gasteiger partial charge >= 0.3 is 0 Å². The Hall–Kier alpha value is -1.46. The van der Waals surface area contributed by atoms with Gasteiger partial charge in [0, 0.05) is 18.3 Å². The number of nitrogens with zero attached hydrogens (tertiary/aromatic N) is 2. The lowest BCUT2D eigenvalue weighted by molar-refractivity contribution is -0.695. The predicted molar refractivity (Wildman–Crippen MR) is 73.9 cm³/mol. The number of halogens is 2. The van der Waals surface area contributed by atoms with Crippen LogP contribution in [0.15, 0.2) is 42.9 Å². The highest BCUT2D eigenvalue weighted by atomic mass is 79.9. The fraction of sp³-hybridized carbons (Fsp3) is 0.214. The summed E-state index contributed by atoms with van der Waals surface area (Å²) >= 11 is 5.87. The Morgan fingerprint density at radius 1 is 1.35 bits per heavy atom. The van der Waals surface area contributed by atoms with E-state index in [0.717, 1.165) is 0 Å². The molecule has 0 saturated heterocycles. The maximum Gasteiger partial charge on any atom is 0.230 e. The van der Waals surface area contributed by atoms with Crippen molar-refractivity contribution in [3.8, 4) is 0 Å². The standard InChI is InChI=1S/C14H14ClN3O.BrH/c1-11-4-8-18(9-5-11)10-6-13(19)17-12-3-2-7-16-14(12)15;/h2-5,7-9H,6,10H2,1H3;1H. The first kappa shape index (κ1) is 16.6. The molecule has 0 fully saturated rings. The fourth-order valence-electron chi connectivity index (χ4n) is 1.60. The van der Waals surface area contributed by atoms with Crippen LogP contribution in [0.5, 0.6) is 0 Å². The van der Waals surface area contributed by atoms with Crippen molar-refractivity contribution in [3.63, 3.8) is 0 Å². The molecule has 2 heterocycles. The predicted octanol–water partition coefficient (Wildman–Crippen LogP) is -0.636. The van der Waals surface area contributed by atoms with Gasteiger partial charge < -0.3 is 22.3 Å². The molecule has 106 valence electrons. The molecule has 2 aromatic rings. The van der Waals surface area contributed by atoms with E-state index >= 15 is 0 Å². The monoisotopic (exact) mass is 355 g/mol. The van der Waals surface area contributed by atoms with Gasteiger partial charge in [-0.05, 0) is 24.6 Å². The van der Waals surface area contributed by atoms with E-state index in [2.05, 4.69) is 10.3 Å². The second-order valence-electron chi connectivity index (χ2n) is 4.25. The van der Waals surface area contributed by atoms with E-state index in [1.54, 1.807) is 18.3 Å². The molecule has 0 bridgehead atoms. The SMILES string of the molecule is Cc1cc[n+](CCC(=O)Nc2cccnc2Cl)cc1.[Br-]. The maximum absolute atomic E-state index is 11.8. The summed E-state index contributed by atoms with van der Waals surface area (Å²) in [7, 11) is 0. The molecular formula is C14H15BrClN3O. The molecule has 0 spiro atoms. The number of carbonyl (C=O) groups is 1. The molecule has 0 saturated carbocycles. The van der Waals surface area contributed by atoms with Gasteiger partial charge in [-0.3, -0.25) is 4.79 Å². The molecule has 20 heavy (non-hydrogen) atoms. The zero-order valence-corrected chi connectivity index (χ0v) is 13.4. The number of carbonyl (C=O) groups excluding carboxylic acids is 1. The number of aryl methyl sites for hydroxylation is 2. The van der Waals surface area contributed by atoms with Crippen LogP contribution in [0.4, 0.5) is 5.69 Å². The van der Waals surface area contributed by atoms with Gasteiger partial charge in [0.05, 0.1) is 12.1 Å². The van der Waals surface area contributed by atoms with Crippen molar-refractivity contribution in [1.82, 2.24) is 4.98 Å². The van der Waals surface area contributed by atoms with Gasteiger partial charge in [-0.1, -0.05) is 11.6 Å². The minimum absolute atomic E-state index is 0. The van der Waals surface area contributed by atoms with Gasteiger partial charge in [0.1, 0.15) is 0 Å². The lowest BCUT2D eigenvalue weighted by Gasteiger charge is -2.04. The van der Waals surface area contributed by atoms with E-state index in [1.807, 2.05) is 36.0 Å². The molecule has 2 aromatic heterocycles. The quantitative estimate of drug-likeness (QED) is 0.585. The first-order valence-electron chi connectivity index (χ1n) is 6.01. The van der Waals surface area contributed by atoms with Gasteiger partial charge in [-0.15, -0.1) is 0 Å². The molecule has 0 aromatic carbocycles. The molecular weight excluding hydrogens is 342 g/mol. The molecule has 1 amide bonds. The number of hydrogen-bond donors (Lipinski definition) is 1. The molecule has 6 heteroatoms. The average molecular weight is 357 g/mol. The number of pyridine rings is 2. The highest BCUT2D eigenvalue weighted by Gasteiger charge is 2.08. The zero-order valence-electron chi connectivity index (χ0n) is 11.0. The summed E-state index contributed by atoms with van der Waals surface area (Å²) in [5, 5.41) is 3.05. The molecule has 0 aliphatic carbocycles. The second-order valence-corrected chi connectivity index (χ2v) is 4.61. The summed E-state index contributed by atoms with van der Waals surface area (Å²) in [6, 6.07) is 7.48. The first-order valence-corrected chi connectivity index (χ1v) is 6.39. The lowest BCUT2D eigenvalue weighted by atomic mass is 10.3. The van der Waals surface area contributed by atoms with Crippen LogP contribution in [0.2, 0.25) is 5.15 Å². The van der Waals surface area contributed by atoms with Crippen LogP contribution < -0.4 is 26.9 Å². The zero-order chi connectivity index (χ0) is 13.7. The number of amides is 1. The first-order chi connectivity index (χ1) is 9.15. The summed E-state index contributed by atoms with van der Waals surface area (Å²) in [5.74, 6) is -0.0806. The van der Waals surface area contributed by atoms with Gasteiger partial charge in [-0.25, -0.2) is 9.55 Å². The Morgan fingerprint density at radius 2 is 2.05 bits per heavy atom.